The van der Waals surface area contributed by atoms with Crippen molar-refractivity contribution in [2.75, 3.05) is 12.8 Å². The molecule has 154 valence electrons. The van der Waals surface area contributed by atoms with Gasteiger partial charge in [-0.05, 0) is 18.2 Å². The van der Waals surface area contributed by atoms with Crippen molar-refractivity contribution in [3.05, 3.63) is 76.9 Å². The molecule has 4 N–H and O–H groups in total. The van der Waals surface area contributed by atoms with Gasteiger partial charge in [-0.3, -0.25) is 9.59 Å². The van der Waals surface area contributed by atoms with Gasteiger partial charge in [0.1, 0.15) is 5.82 Å². The highest BCUT2D eigenvalue weighted by atomic mass is 19.2. The number of aromatic nitrogens is 2. The van der Waals surface area contributed by atoms with Gasteiger partial charge in [0.15, 0.2) is 23.1 Å². The second-order valence-corrected chi connectivity index (χ2v) is 6.19. The summed E-state index contributed by atoms with van der Waals surface area (Å²) in [6.45, 7) is -0.339. The topological polar surface area (TPSA) is 110 Å². The number of hydrogen-bond acceptors (Lipinski definition) is 5. The number of carbonyl (C=O) groups is 2. The number of nitrogens with two attached hydrogens (primary N) is 1. The molecule has 0 saturated carbocycles. The maximum absolute atomic E-state index is 13.7. The summed E-state index contributed by atoms with van der Waals surface area (Å²) in [6, 6.07) is 7.34. The molecule has 2 amide bonds. The van der Waals surface area contributed by atoms with Crippen LogP contribution in [0.1, 0.15) is 26.4 Å². The van der Waals surface area contributed by atoms with Crippen LogP contribution in [0.25, 0.3) is 11.3 Å². The van der Waals surface area contributed by atoms with Crippen molar-refractivity contribution >= 4 is 17.6 Å². The van der Waals surface area contributed by atoms with E-state index >= 15 is 0 Å². The number of hydrogen-bond donors (Lipinski definition) is 3. The lowest BCUT2D eigenvalue weighted by Gasteiger charge is -2.09. The first kappa shape index (κ1) is 20.8. The minimum atomic E-state index is -1.31. The maximum Gasteiger partial charge on any atom is 0.273 e. The van der Waals surface area contributed by atoms with Crippen LogP contribution < -0.4 is 16.4 Å². The summed E-state index contributed by atoms with van der Waals surface area (Å²) in [4.78, 5) is 32.4. The number of nitrogen functional groups attached to an aromatic ring is 1. The Morgan fingerprint density at radius 3 is 2.50 bits per heavy atom. The first-order valence-electron chi connectivity index (χ1n) is 8.66. The fourth-order valence-corrected chi connectivity index (χ4v) is 2.62. The third kappa shape index (κ3) is 4.37. The van der Waals surface area contributed by atoms with Gasteiger partial charge in [0.25, 0.3) is 11.8 Å². The number of nitrogens with zero attached hydrogens (tertiary/aromatic N) is 2. The normalized spacial score (nSPS) is 10.5. The molecule has 0 unspecified atom stereocenters. The molecule has 0 bridgehead atoms. The highest BCUT2D eigenvalue weighted by molar-refractivity contribution is 5.97. The second-order valence-electron chi connectivity index (χ2n) is 6.19. The first-order valence-corrected chi connectivity index (χ1v) is 8.66. The molecule has 0 fully saturated rings. The Morgan fingerprint density at radius 2 is 1.77 bits per heavy atom. The van der Waals surface area contributed by atoms with Crippen molar-refractivity contribution in [2.24, 2.45) is 0 Å². The lowest BCUT2D eigenvalue weighted by atomic mass is 10.1. The third-order valence-electron chi connectivity index (χ3n) is 4.19. The molecule has 0 saturated heterocycles. The molecular weight excluding hydrogens is 399 g/mol. The van der Waals surface area contributed by atoms with Crippen LogP contribution in [0.4, 0.5) is 19.0 Å². The molecule has 3 aromatic rings. The van der Waals surface area contributed by atoms with E-state index in [2.05, 4.69) is 20.6 Å². The molecule has 30 heavy (non-hydrogen) atoms. The van der Waals surface area contributed by atoms with Gasteiger partial charge in [-0.15, -0.1) is 0 Å². The number of rotatable bonds is 5. The summed E-state index contributed by atoms with van der Waals surface area (Å²) < 4.78 is 40.0. The summed E-state index contributed by atoms with van der Waals surface area (Å²) in [6.07, 6.45) is 1.36. The Kier molecular flexibility index (Phi) is 5.95. The average Bonchev–Trinajstić information content (AvgIpc) is 2.75. The molecule has 0 atom stereocenters. The van der Waals surface area contributed by atoms with E-state index in [0.29, 0.717) is 23.4 Å². The van der Waals surface area contributed by atoms with Crippen molar-refractivity contribution in [1.29, 1.82) is 0 Å². The predicted octanol–water partition coefficient (Wildman–Crippen LogP) is 2.43. The van der Waals surface area contributed by atoms with Gasteiger partial charge >= 0.3 is 0 Å². The van der Waals surface area contributed by atoms with Crippen LogP contribution in [-0.2, 0) is 6.54 Å². The van der Waals surface area contributed by atoms with Crippen LogP contribution in [0, 0.1) is 17.5 Å². The van der Waals surface area contributed by atoms with Gasteiger partial charge in [0.05, 0.1) is 11.9 Å². The monoisotopic (exact) mass is 415 g/mol. The van der Waals surface area contributed by atoms with Crippen LogP contribution in [0.5, 0.6) is 0 Å². The Hall–Kier alpha value is -3.95. The number of carbonyl (C=O) groups excluding carboxylic acids is 2. The lowest BCUT2D eigenvalue weighted by molar-refractivity contribution is 0.0945. The zero-order valence-electron chi connectivity index (χ0n) is 15.7. The quantitative estimate of drug-likeness (QED) is 0.555. The van der Waals surface area contributed by atoms with Crippen molar-refractivity contribution in [3.8, 4) is 11.3 Å². The van der Waals surface area contributed by atoms with Gasteiger partial charge < -0.3 is 16.4 Å². The molecule has 1 heterocycles. The van der Waals surface area contributed by atoms with E-state index in [1.165, 1.54) is 25.4 Å². The molecule has 0 aliphatic rings. The molecule has 7 nitrogen and oxygen atoms in total. The number of anilines is 1. The van der Waals surface area contributed by atoms with Gasteiger partial charge in [0.2, 0.25) is 0 Å². The van der Waals surface area contributed by atoms with Crippen molar-refractivity contribution in [2.45, 2.75) is 6.54 Å². The Labute approximate surface area is 169 Å². The average molecular weight is 415 g/mol. The number of halogens is 3. The van der Waals surface area contributed by atoms with Crippen LogP contribution in [0.2, 0.25) is 0 Å². The zero-order valence-corrected chi connectivity index (χ0v) is 15.7. The molecule has 0 radical (unpaired) electrons. The SMILES string of the molecule is CNC(=O)c1nc(-c2cccc(C(=O)NCc3cc(F)c(F)cc3F)c2)cnc1N. The maximum atomic E-state index is 13.7. The fourth-order valence-electron chi connectivity index (χ4n) is 2.62. The van der Waals surface area contributed by atoms with Crippen molar-refractivity contribution in [3.63, 3.8) is 0 Å². The molecule has 2 aromatic carbocycles. The molecular formula is C20H16F3N5O2. The first-order chi connectivity index (χ1) is 14.3. The standard InChI is InChI=1S/C20H16F3N5O2/c1-25-20(30)17-18(24)26-9-16(28-17)10-3-2-4-11(5-10)19(29)27-8-12-6-14(22)15(23)7-13(12)21/h2-7,9H,8H2,1H3,(H2,24,26)(H,25,30)(H,27,29). The van der Waals surface area contributed by atoms with Gasteiger partial charge in [-0.1, -0.05) is 12.1 Å². The number of amides is 2. The van der Waals surface area contributed by atoms with E-state index in [4.69, 9.17) is 5.73 Å². The van der Waals surface area contributed by atoms with Crippen molar-refractivity contribution in [1.82, 2.24) is 20.6 Å². The summed E-state index contributed by atoms with van der Waals surface area (Å²) >= 11 is 0. The highest BCUT2D eigenvalue weighted by Gasteiger charge is 2.15. The van der Waals surface area contributed by atoms with Crippen LogP contribution in [0.3, 0.4) is 0 Å². The molecule has 0 spiro atoms. The third-order valence-corrected chi connectivity index (χ3v) is 4.19. The smallest absolute Gasteiger partial charge is 0.273 e. The summed E-state index contributed by atoms with van der Waals surface area (Å²) in [7, 11) is 1.43. The Bertz CT molecular complexity index is 1140. The summed E-state index contributed by atoms with van der Waals surface area (Å²) in [5.74, 6) is -4.62. The zero-order chi connectivity index (χ0) is 21.8. The van der Waals surface area contributed by atoms with E-state index in [-0.39, 0.29) is 29.2 Å². The Morgan fingerprint density at radius 1 is 1.03 bits per heavy atom. The second kappa shape index (κ2) is 8.60. The van der Waals surface area contributed by atoms with Gasteiger partial charge in [0, 0.05) is 36.3 Å². The van der Waals surface area contributed by atoms with Crippen LogP contribution in [0.15, 0.2) is 42.6 Å². The van der Waals surface area contributed by atoms with Gasteiger partial charge in [-0.25, -0.2) is 23.1 Å². The van der Waals surface area contributed by atoms with Crippen LogP contribution >= 0.6 is 0 Å². The Balaban J connectivity index is 1.81. The summed E-state index contributed by atoms with van der Waals surface area (Å²) in [5.41, 5.74) is 6.42. The summed E-state index contributed by atoms with van der Waals surface area (Å²) in [5, 5.41) is 4.85. The molecule has 1 aromatic heterocycles. The van der Waals surface area contributed by atoms with E-state index < -0.39 is 29.3 Å². The molecule has 0 aliphatic carbocycles. The largest absolute Gasteiger partial charge is 0.382 e. The fraction of sp³-hybridized carbons (Fsp3) is 0.100. The predicted molar refractivity (Wildman–Crippen MR) is 103 cm³/mol. The van der Waals surface area contributed by atoms with E-state index in [1.807, 2.05) is 0 Å². The minimum absolute atomic E-state index is 0.0412. The molecule has 3 rings (SSSR count). The number of benzene rings is 2. The van der Waals surface area contributed by atoms with Gasteiger partial charge in [-0.2, -0.15) is 0 Å². The van der Waals surface area contributed by atoms with E-state index in [0.717, 1.165) is 0 Å². The van der Waals surface area contributed by atoms with E-state index in [9.17, 15) is 22.8 Å². The molecule has 0 aliphatic heterocycles. The lowest BCUT2D eigenvalue weighted by Crippen LogP contribution is -2.23. The molecule has 10 heteroatoms. The van der Waals surface area contributed by atoms with Crippen molar-refractivity contribution < 1.29 is 22.8 Å². The number of nitrogens with one attached hydrogen (secondary N) is 2. The minimum Gasteiger partial charge on any atom is -0.382 e. The van der Waals surface area contributed by atoms with Crippen LogP contribution in [-0.4, -0.2) is 28.8 Å². The highest BCUT2D eigenvalue weighted by Crippen LogP contribution is 2.20. The van der Waals surface area contributed by atoms with E-state index in [1.54, 1.807) is 12.1 Å².